The molecule has 0 aliphatic heterocycles. The van der Waals surface area contributed by atoms with Gasteiger partial charge in [-0.3, -0.25) is 15.0 Å². The maximum absolute atomic E-state index is 12.5. The Morgan fingerprint density at radius 2 is 1.16 bits per heavy atom. The Morgan fingerprint density at radius 1 is 0.641 bits per heavy atom. The summed E-state index contributed by atoms with van der Waals surface area (Å²) in [6.07, 6.45) is 0. The molecule has 0 bridgehead atoms. The van der Waals surface area contributed by atoms with Gasteiger partial charge >= 0.3 is 5.97 Å². The predicted molar refractivity (Wildman–Crippen MR) is 246 cm³/mol. The number of carboxylic acid groups (broad SMARTS) is 1. The van der Waals surface area contributed by atoms with Crippen LogP contribution in [0.5, 0.6) is 34.5 Å². The number of benzene rings is 5. The van der Waals surface area contributed by atoms with E-state index in [0.717, 1.165) is 27.9 Å². The van der Waals surface area contributed by atoms with Crippen molar-refractivity contribution in [1.29, 1.82) is 0 Å². The number of amides is 1. The van der Waals surface area contributed by atoms with Crippen molar-refractivity contribution in [3.63, 3.8) is 0 Å². The van der Waals surface area contributed by atoms with Gasteiger partial charge in [0.1, 0.15) is 10.8 Å². The average Bonchev–Trinajstić information content (AvgIpc) is 3.96. The zero-order valence-corrected chi connectivity index (χ0v) is 36.5. The van der Waals surface area contributed by atoms with Crippen LogP contribution in [-0.2, 0) is 13.1 Å². The summed E-state index contributed by atoms with van der Waals surface area (Å²) in [6.45, 7) is 0.965. The molecule has 0 radical (unpaired) electrons. The number of ether oxygens (including phenoxy) is 6. The molecule has 2 heterocycles. The molecule has 0 fully saturated rings. The highest BCUT2D eigenvalue weighted by Crippen LogP contribution is 2.43. The zero-order chi connectivity index (χ0) is 45.8. The lowest BCUT2D eigenvalue weighted by Crippen LogP contribution is -2.13. The second-order valence-corrected chi connectivity index (χ2v) is 14.1. The third-order valence-electron chi connectivity index (χ3n) is 9.77. The molecule has 0 unspecified atom stereocenters. The van der Waals surface area contributed by atoms with E-state index in [2.05, 4.69) is 36.3 Å². The molecule has 0 aliphatic carbocycles. The van der Waals surface area contributed by atoms with Crippen LogP contribution in [0.25, 0.3) is 22.5 Å². The lowest BCUT2D eigenvalue weighted by Gasteiger charge is -2.13. The van der Waals surface area contributed by atoms with Gasteiger partial charge in [-0.2, -0.15) is 10.2 Å². The van der Waals surface area contributed by atoms with Crippen LogP contribution in [0, 0.1) is 0 Å². The first-order valence-electron chi connectivity index (χ1n) is 19.4. The van der Waals surface area contributed by atoms with E-state index in [1.54, 1.807) is 103 Å². The minimum absolute atomic E-state index is 0.238. The molecule has 64 heavy (non-hydrogen) atoms. The number of aromatic amines is 2. The molecule has 7 rings (SSSR count). The molecule has 17 nitrogen and oxygen atoms in total. The maximum atomic E-state index is 12.5. The number of aromatic carboxylic acids is 1. The van der Waals surface area contributed by atoms with Crippen molar-refractivity contribution in [2.45, 2.75) is 13.1 Å². The first kappa shape index (κ1) is 45.5. The Bertz CT molecular complexity index is 2650. The number of hydrogen-bond acceptors (Lipinski definition) is 13. The number of carboxylic acids is 1. The number of halogens is 1. The second-order valence-electron chi connectivity index (χ2n) is 13.7. The van der Waals surface area contributed by atoms with Gasteiger partial charge in [0, 0.05) is 35.8 Å². The van der Waals surface area contributed by atoms with E-state index < -0.39 is 5.97 Å². The fourth-order valence-corrected chi connectivity index (χ4v) is 6.64. The number of nitrogens with zero attached hydrogens (tertiary/aromatic N) is 2. The van der Waals surface area contributed by atoms with Crippen molar-refractivity contribution in [3.8, 4) is 57.0 Å². The van der Waals surface area contributed by atoms with Gasteiger partial charge in [-0.15, -0.1) is 0 Å². The maximum Gasteiger partial charge on any atom is 0.335 e. The highest BCUT2D eigenvalue weighted by Gasteiger charge is 2.20. The number of nitrogens with two attached hydrogens (primary N) is 1. The Labute approximate surface area is 373 Å². The van der Waals surface area contributed by atoms with Gasteiger partial charge in [-0.05, 0) is 71.8 Å². The molecule has 0 aliphatic rings. The van der Waals surface area contributed by atoms with Crippen LogP contribution in [0.4, 0.5) is 23.0 Å². The number of nitrogens with one attached hydrogen (secondary N) is 5. The van der Waals surface area contributed by atoms with E-state index in [1.165, 1.54) is 0 Å². The summed E-state index contributed by atoms with van der Waals surface area (Å²) in [4.78, 5) is 23.4. The quantitative estimate of drug-likeness (QED) is 0.0425. The first-order chi connectivity index (χ1) is 31.0. The molecule has 0 spiro atoms. The molecular formula is C46H47ClN8O9. The van der Waals surface area contributed by atoms with Gasteiger partial charge in [-0.25, -0.2) is 4.79 Å². The van der Waals surface area contributed by atoms with Crippen LogP contribution in [0.1, 0.15) is 31.8 Å². The lowest BCUT2D eigenvalue weighted by molar-refractivity contribution is 0.0696. The van der Waals surface area contributed by atoms with Gasteiger partial charge in [-0.1, -0.05) is 48.0 Å². The van der Waals surface area contributed by atoms with Crippen molar-refractivity contribution in [1.82, 2.24) is 20.4 Å². The fourth-order valence-electron chi connectivity index (χ4n) is 6.38. The summed E-state index contributed by atoms with van der Waals surface area (Å²) < 4.78 is 32.3. The standard InChI is InChI=1S/C26H26ClN5O4.C20H21N3O5/c1-34-20-12-17(13-21(35-2)24(20)36-3)23-22(27)25(32-31-23)29-14-15-8-10-16(11-9-15)26(33)30-19-7-5-4-6-18(19)28;1-26-16-8-14(9-17(27-2)19(16)28-3)15-10-18(23-22-15)21-11-12-4-6-13(7-5-12)20(24)25/h4-13H,14,28H2,1-3H3,(H,30,33)(H2,29,31,32);4-10H,11H2,1-3H3,(H,24,25)(H2,21,22,23). The number of aromatic nitrogens is 4. The first-order valence-corrected chi connectivity index (χ1v) is 19.8. The van der Waals surface area contributed by atoms with E-state index in [-0.39, 0.29) is 11.5 Å². The number of rotatable bonds is 17. The number of anilines is 4. The third-order valence-corrected chi connectivity index (χ3v) is 10.1. The summed E-state index contributed by atoms with van der Waals surface area (Å²) in [6, 6.07) is 30.1. The number of H-pyrrole nitrogens is 2. The molecule has 0 atom stereocenters. The highest BCUT2D eigenvalue weighted by atomic mass is 35.5. The predicted octanol–water partition coefficient (Wildman–Crippen LogP) is 8.62. The number of hydrogen-bond donors (Lipinski definition) is 7. The van der Waals surface area contributed by atoms with Crippen molar-refractivity contribution in [2.24, 2.45) is 0 Å². The minimum atomic E-state index is -0.943. The number of nitrogen functional groups attached to an aromatic ring is 1. The van der Waals surface area contributed by atoms with Crippen LogP contribution in [0.15, 0.2) is 103 Å². The van der Waals surface area contributed by atoms with E-state index >= 15 is 0 Å². The summed E-state index contributed by atoms with van der Waals surface area (Å²) in [7, 11) is 9.33. The highest BCUT2D eigenvalue weighted by molar-refractivity contribution is 6.35. The minimum Gasteiger partial charge on any atom is -0.493 e. The van der Waals surface area contributed by atoms with Crippen LogP contribution in [0.3, 0.4) is 0 Å². The Balaban J connectivity index is 0.000000219. The van der Waals surface area contributed by atoms with Gasteiger partial charge in [0.2, 0.25) is 11.5 Å². The molecule has 18 heteroatoms. The average molecular weight is 891 g/mol. The van der Waals surface area contributed by atoms with Gasteiger partial charge in [0.15, 0.2) is 28.8 Å². The van der Waals surface area contributed by atoms with Crippen LogP contribution in [0.2, 0.25) is 5.02 Å². The molecule has 8 N–H and O–H groups in total. The third kappa shape index (κ3) is 10.7. The topological polar surface area (TPSA) is 229 Å². The van der Waals surface area contributed by atoms with Gasteiger partial charge in [0.05, 0.1) is 71.0 Å². The molecule has 1 amide bonds. The number of methoxy groups -OCH3 is 6. The fraction of sp³-hybridized carbons (Fsp3) is 0.174. The summed E-state index contributed by atoms with van der Waals surface area (Å²) >= 11 is 6.61. The normalized spacial score (nSPS) is 10.5. The van der Waals surface area contributed by atoms with Crippen molar-refractivity contribution >= 4 is 46.5 Å². The van der Waals surface area contributed by atoms with Crippen LogP contribution >= 0.6 is 11.6 Å². The molecule has 5 aromatic carbocycles. The lowest BCUT2D eigenvalue weighted by atomic mass is 10.1. The molecular weight excluding hydrogens is 844 g/mol. The van der Waals surface area contributed by atoms with Crippen molar-refractivity contribution in [3.05, 3.63) is 130 Å². The monoisotopic (exact) mass is 890 g/mol. The Morgan fingerprint density at radius 3 is 1.67 bits per heavy atom. The van der Waals surface area contributed by atoms with Crippen LogP contribution < -0.4 is 50.1 Å². The Kier molecular flexibility index (Phi) is 15.0. The summed E-state index contributed by atoms with van der Waals surface area (Å²) in [5.74, 6) is 3.10. The molecule has 0 saturated carbocycles. The smallest absolute Gasteiger partial charge is 0.335 e. The molecule has 0 saturated heterocycles. The van der Waals surface area contributed by atoms with Crippen LogP contribution in [-0.4, -0.2) is 80.0 Å². The van der Waals surface area contributed by atoms with E-state index in [1.807, 2.05) is 42.5 Å². The molecule has 7 aromatic rings. The largest absolute Gasteiger partial charge is 0.493 e. The van der Waals surface area contributed by atoms with Crippen molar-refractivity contribution < 1.29 is 43.1 Å². The molecule has 332 valence electrons. The Hall–Kier alpha value is -8.05. The second kappa shape index (κ2) is 21.2. The number of para-hydroxylation sites is 2. The van der Waals surface area contributed by atoms with Crippen molar-refractivity contribution in [2.75, 3.05) is 64.3 Å². The SMILES string of the molecule is COc1cc(-c2[nH]nc(NCc3ccc(C(=O)Nc4ccccc4N)cc3)c2Cl)cc(OC)c1OC.COc1cc(-c2cc(NCc3ccc(C(=O)O)cc3)n[nH]2)cc(OC)c1OC. The number of carbonyl (C=O) groups excluding carboxylic acids is 1. The summed E-state index contributed by atoms with van der Waals surface area (Å²) in [5.41, 5.74) is 12.6. The zero-order valence-electron chi connectivity index (χ0n) is 35.8. The molecule has 2 aromatic heterocycles. The van der Waals surface area contributed by atoms with Gasteiger partial charge < -0.3 is 55.2 Å². The summed E-state index contributed by atoms with van der Waals surface area (Å²) in [5, 5.41) is 33.1. The van der Waals surface area contributed by atoms with E-state index in [4.69, 9.17) is 50.9 Å². The van der Waals surface area contributed by atoms with E-state index in [0.29, 0.717) is 86.9 Å². The van der Waals surface area contributed by atoms with E-state index in [9.17, 15) is 9.59 Å². The number of carbonyl (C=O) groups is 2. The van der Waals surface area contributed by atoms with Gasteiger partial charge in [0.25, 0.3) is 5.91 Å².